The Bertz CT molecular complexity index is 357. The van der Waals surface area contributed by atoms with Crippen LogP contribution in [-0.2, 0) is 20.0 Å². The summed E-state index contributed by atoms with van der Waals surface area (Å²) in [4.78, 5) is 0. The van der Waals surface area contributed by atoms with Crippen molar-refractivity contribution in [2.45, 2.75) is 6.92 Å². The van der Waals surface area contributed by atoms with Gasteiger partial charge in [0, 0.05) is 20.6 Å². The van der Waals surface area contributed by atoms with Crippen LogP contribution in [0.25, 0.3) is 0 Å². The second kappa shape index (κ2) is 5.06. The number of sulfonamides is 2. The lowest BCUT2D eigenvalue weighted by Crippen LogP contribution is -2.34. The van der Waals surface area contributed by atoms with Gasteiger partial charge < -0.3 is 0 Å². The molecule has 0 radical (unpaired) electrons. The molecule has 8 heteroatoms. The van der Waals surface area contributed by atoms with Crippen molar-refractivity contribution in [1.29, 1.82) is 0 Å². The zero-order chi connectivity index (χ0) is 11.4. The molecule has 0 atom stereocenters. The van der Waals surface area contributed by atoms with Crippen LogP contribution in [0.15, 0.2) is 0 Å². The SMILES string of the molecule is CCS(=O)(=O)NCCS(=O)(=O)N(C)C. The number of hydrogen-bond acceptors (Lipinski definition) is 4. The van der Waals surface area contributed by atoms with Crippen LogP contribution in [-0.4, -0.2) is 53.3 Å². The highest BCUT2D eigenvalue weighted by atomic mass is 32.2. The maximum atomic E-state index is 11.2. The van der Waals surface area contributed by atoms with Crippen LogP contribution < -0.4 is 4.72 Å². The van der Waals surface area contributed by atoms with Gasteiger partial charge in [0.05, 0.1) is 11.5 Å². The predicted molar refractivity (Wildman–Crippen MR) is 54.9 cm³/mol. The summed E-state index contributed by atoms with van der Waals surface area (Å²) in [5, 5.41) is 0. The Balaban J connectivity index is 4.12. The first kappa shape index (κ1) is 13.8. The molecule has 0 amide bonds. The van der Waals surface area contributed by atoms with Crippen molar-refractivity contribution in [3.05, 3.63) is 0 Å². The average molecular weight is 244 g/mol. The molecular weight excluding hydrogens is 228 g/mol. The Morgan fingerprint density at radius 3 is 2.00 bits per heavy atom. The largest absolute Gasteiger partial charge is 0.214 e. The molecule has 14 heavy (non-hydrogen) atoms. The van der Waals surface area contributed by atoms with E-state index < -0.39 is 20.0 Å². The van der Waals surface area contributed by atoms with Crippen LogP contribution >= 0.6 is 0 Å². The van der Waals surface area contributed by atoms with Crippen LogP contribution in [0.4, 0.5) is 0 Å². The number of hydrogen-bond donors (Lipinski definition) is 1. The van der Waals surface area contributed by atoms with Gasteiger partial charge in [-0.25, -0.2) is 25.9 Å². The Labute approximate surface area is 85.4 Å². The van der Waals surface area contributed by atoms with E-state index in [1.54, 1.807) is 0 Å². The van der Waals surface area contributed by atoms with Gasteiger partial charge >= 0.3 is 0 Å². The molecule has 0 aromatic carbocycles. The van der Waals surface area contributed by atoms with Crippen molar-refractivity contribution >= 4 is 20.0 Å². The van der Waals surface area contributed by atoms with Crippen molar-refractivity contribution in [2.24, 2.45) is 0 Å². The Kier molecular flexibility index (Phi) is 4.99. The Hall–Kier alpha value is -0.180. The standard InChI is InChI=1S/C6H16N2O4S2/c1-4-13(9,10)7-5-6-14(11,12)8(2)3/h7H,4-6H2,1-3H3. The van der Waals surface area contributed by atoms with Crippen molar-refractivity contribution in [3.63, 3.8) is 0 Å². The minimum absolute atomic E-state index is 0.0466. The van der Waals surface area contributed by atoms with E-state index >= 15 is 0 Å². The summed E-state index contributed by atoms with van der Waals surface area (Å²) >= 11 is 0. The monoisotopic (exact) mass is 244 g/mol. The fourth-order valence-corrected chi connectivity index (χ4v) is 2.08. The minimum atomic E-state index is -3.32. The molecule has 6 nitrogen and oxygen atoms in total. The molecule has 0 aromatic heterocycles. The van der Waals surface area contributed by atoms with Crippen LogP contribution in [0.2, 0.25) is 0 Å². The van der Waals surface area contributed by atoms with Crippen LogP contribution in [0.5, 0.6) is 0 Å². The lowest BCUT2D eigenvalue weighted by Gasteiger charge is -2.11. The third-order valence-electron chi connectivity index (χ3n) is 1.62. The normalized spacial score (nSPS) is 13.4. The fourth-order valence-electron chi connectivity index (χ4n) is 0.611. The van der Waals surface area contributed by atoms with Crippen LogP contribution in [0.1, 0.15) is 6.92 Å². The Morgan fingerprint density at radius 1 is 1.14 bits per heavy atom. The van der Waals surface area contributed by atoms with E-state index in [-0.39, 0.29) is 18.1 Å². The van der Waals surface area contributed by atoms with Crippen molar-refractivity contribution < 1.29 is 16.8 Å². The van der Waals surface area contributed by atoms with Crippen molar-refractivity contribution in [2.75, 3.05) is 32.1 Å². The molecule has 0 saturated heterocycles. The molecular formula is C6H16N2O4S2. The number of nitrogens with zero attached hydrogens (tertiary/aromatic N) is 1. The van der Waals surface area contributed by atoms with E-state index in [0.717, 1.165) is 4.31 Å². The molecule has 0 aromatic rings. The average Bonchev–Trinajstić information content (AvgIpc) is 2.03. The molecule has 0 unspecified atom stereocenters. The minimum Gasteiger partial charge on any atom is -0.214 e. The zero-order valence-corrected chi connectivity index (χ0v) is 10.2. The van der Waals surface area contributed by atoms with Gasteiger partial charge in [-0.3, -0.25) is 0 Å². The van der Waals surface area contributed by atoms with E-state index in [1.165, 1.54) is 21.0 Å². The summed E-state index contributed by atoms with van der Waals surface area (Å²) in [6.45, 7) is 1.40. The highest BCUT2D eigenvalue weighted by Gasteiger charge is 2.14. The third kappa shape index (κ3) is 4.89. The number of rotatable bonds is 6. The second-order valence-electron chi connectivity index (χ2n) is 2.90. The van der Waals surface area contributed by atoms with E-state index in [9.17, 15) is 16.8 Å². The molecule has 86 valence electrons. The molecule has 0 aliphatic carbocycles. The van der Waals surface area contributed by atoms with Gasteiger partial charge in [-0.05, 0) is 6.92 Å². The fraction of sp³-hybridized carbons (Fsp3) is 1.00. The van der Waals surface area contributed by atoms with E-state index in [1.807, 2.05) is 0 Å². The topological polar surface area (TPSA) is 83.5 Å². The van der Waals surface area contributed by atoms with Gasteiger partial charge in [0.15, 0.2) is 0 Å². The van der Waals surface area contributed by atoms with Gasteiger partial charge in [-0.2, -0.15) is 0 Å². The third-order valence-corrected chi connectivity index (χ3v) is 4.86. The first-order valence-corrected chi connectivity index (χ1v) is 7.35. The number of nitrogens with one attached hydrogen (secondary N) is 1. The van der Waals surface area contributed by atoms with Crippen LogP contribution in [0, 0.1) is 0 Å². The lowest BCUT2D eigenvalue weighted by atomic mass is 10.8. The first-order valence-electron chi connectivity index (χ1n) is 4.09. The lowest BCUT2D eigenvalue weighted by molar-refractivity contribution is 0.519. The predicted octanol–water partition coefficient (Wildman–Crippen LogP) is -1.18. The molecule has 0 fully saturated rings. The van der Waals surface area contributed by atoms with E-state index in [2.05, 4.69) is 4.72 Å². The summed E-state index contributed by atoms with van der Waals surface area (Å²) in [5.41, 5.74) is 0. The molecule has 0 bridgehead atoms. The van der Waals surface area contributed by atoms with Crippen molar-refractivity contribution in [1.82, 2.24) is 9.03 Å². The van der Waals surface area contributed by atoms with Gasteiger partial charge in [0.2, 0.25) is 20.0 Å². The molecule has 1 N–H and O–H groups in total. The zero-order valence-electron chi connectivity index (χ0n) is 8.52. The maximum Gasteiger partial charge on any atom is 0.214 e. The molecule has 0 heterocycles. The summed E-state index contributed by atoms with van der Waals surface area (Å²) in [5.74, 6) is -0.270. The molecule has 0 rings (SSSR count). The van der Waals surface area contributed by atoms with Crippen molar-refractivity contribution in [3.8, 4) is 0 Å². The molecule has 0 spiro atoms. The van der Waals surface area contributed by atoms with Gasteiger partial charge in [0.25, 0.3) is 0 Å². The summed E-state index contributed by atoms with van der Waals surface area (Å²) in [7, 11) is -3.81. The molecule has 0 saturated carbocycles. The van der Waals surface area contributed by atoms with E-state index in [0.29, 0.717) is 0 Å². The van der Waals surface area contributed by atoms with Gasteiger partial charge in [-0.15, -0.1) is 0 Å². The summed E-state index contributed by atoms with van der Waals surface area (Å²) in [6, 6.07) is 0. The highest BCUT2D eigenvalue weighted by molar-refractivity contribution is 7.90. The maximum absolute atomic E-state index is 11.2. The summed E-state index contributed by atoms with van der Waals surface area (Å²) in [6.07, 6.45) is 0. The molecule has 0 aliphatic heterocycles. The Morgan fingerprint density at radius 2 is 1.64 bits per heavy atom. The first-order chi connectivity index (χ1) is 6.21. The highest BCUT2D eigenvalue weighted by Crippen LogP contribution is 1.93. The molecule has 0 aliphatic rings. The van der Waals surface area contributed by atoms with E-state index in [4.69, 9.17) is 0 Å². The van der Waals surface area contributed by atoms with Gasteiger partial charge in [-0.1, -0.05) is 0 Å². The smallest absolute Gasteiger partial charge is 0.214 e. The second-order valence-corrected chi connectivity index (χ2v) is 7.29. The van der Waals surface area contributed by atoms with Gasteiger partial charge in [0.1, 0.15) is 0 Å². The van der Waals surface area contributed by atoms with Crippen LogP contribution in [0.3, 0.4) is 0 Å². The quantitative estimate of drug-likeness (QED) is 0.637. The summed E-state index contributed by atoms with van der Waals surface area (Å²) < 4.78 is 47.5.